The molecule has 2 amide bonds. The average molecular weight is 132 g/mol. The molecule has 0 fully saturated rings. The number of hydrazine groups is 2. The summed E-state index contributed by atoms with van der Waals surface area (Å²) in [5, 5.41) is 0. The van der Waals surface area contributed by atoms with Crippen LogP contribution in [0.15, 0.2) is 0 Å². The van der Waals surface area contributed by atoms with Crippen LogP contribution < -0.4 is 22.1 Å². The third-order valence-electron chi connectivity index (χ3n) is 0.533. The molecular weight excluding hydrogens is 124 g/mol. The van der Waals surface area contributed by atoms with E-state index >= 15 is 0 Å². The van der Waals surface area contributed by atoms with Gasteiger partial charge in [-0.15, -0.1) is 0 Å². The average Bonchev–Trinajstić information content (AvgIpc) is 1.85. The lowest BCUT2D eigenvalue weighted by Gasteiger charge is -1.99. The van der Waals surface area contributed by atoms with Gasteiger partial charge in [0.25, 0.3) is 5.91 Å². The normalized spacial score (nSPS) is 8.11. The van der Waals surface area contributed by atoms with E-state index in [-0.39, 0.29) is 6.54 Å². The number of hydrogen-bond donors (Lipinski definition) is 4. The molecule has 9 heavy (non-hydrogen) atoms. The van der Waals surface area contributed by atoms with E-state index < -0.39 is 5.91 Å². The highest BCUT2D eigenvalue weighted by Gasteiger charge is 1.93. The van der Waals surface area contributed by atoms with Crippen LogP contribution in [0, 0.1) is 0 Å². The second kappa shape index (κ2) is 5.01. The molecule has 0 heterocycles. The van der Waals surface area contributed by atoms with Crippen LogP contribution in [0.4, 0.5) is 0 Å². The molecule has 6 nitrogen and oxygen atoms in total. The zero-order valence-electron chi connectivity index (χ0n) is 4.68. The number of rotatable bonds is 4. The van der Waals surface area contributed by atoms with Gasteiger partial charge in [-0.2, -0.15) is 0 Å². The van der Waals surface area contributed by atoms with Crippen molar-refractivity contribution in [1.82, 2.24) is 16.3 Å². The molecule has 0 saturated carbocycles. The van der Waals surface area contributed by atoms with Crippen LogP contribution in [-0.4, -0.2) is 18.9 Å². The van der Waals surface area contributed by atoms with Crippen LogP contribution in [0.5, 0.6) is 0 Å². The third-order valence-corrected chi connectivity index (χ3v) is 0.533. The summed E-state index contributed by atoms with van der Waals surface area (Å²) in [6, 6.07) is 0. The third kappa shape index (κ3) is 4.72. The molecule has 6 heteroatoms. The van der Waals surface area contributed by atoms with Gasteiger partial charge >= 0.3 is 0 Å². The molecule has 0 unspecified atom stereocenters. The zero-order chi connectivity index (χ0) is 7.11. The molecule has 5 N–H and O–H groups in total. The highest BCUT2D eigenvalue weighted by Crippen LogP contribution is 1.52. The topological polar surface area (TPSA) is 96.2 Å². The number of nitrogens with one attached hydrogen (secondary N) is 3. The Morgan fingerprint density at radius 1 is 1.67 bits per heavy atom. The second-order valence-electron chi connectivity index (χ2n) is 1.19. The first-order valence-corrected chi connectivity index (χ1v) is 2.22. The highest BCUT2D eigenvalue weighted by molar-refractivity contribution is 5.78. The predicted octanol–water partition coefficient (Wildman–Crippen LogP) is -2.77. The van der Waals surface area contributed by atoms with E-state index in [4.69, 9.17) is 5.84 Å². The van der Waals surface area contributed by atoms with Gasteiger partial charge in [0.05, 0.1) is 6.54 Å². The largest absolute Gasteiger partial charge is 0.277 e. The Hall–Kier alpha value is -1.14. The standard InChI is InChI=1S/C3H8N4O2/c4-5-1-3(9)7-6-2-8/h2,5H,1,4H2,(H,6,8)(H,7,9). The van der Waals surface area contributed by atoms with Crippen molar-refractivity contribution >= 4 is 12.3 Å². The summed E-state index contributed by atoms with van der Waals surface area (Å²) >= 11 is 0. The first kappa shape index (κ1) is 7.86. The fourth-order valence-corrected chi connectivity index (χ4v) is 0.247. The molecule has 0 bridgehead atoms. The van der Waals surface area contributed by atoms with E-state index in [9.17, 15) is 9.59 Å². The fraction of sp³-hybridized carbons (Fsp3) is 0.333. The molecular formula is C3H8N4O2. The van der Waals surface area contributed by atoms with Crippen LogP contribution >= 0.6 is 0 Å². The summed E-state index contributed by atoms with van der Waals surface area (Å²) in [6.07, 6.45) is 0.356. The van der Waals surface area contributed by atoms with E-state index in [0.717, 1.165) is 0 Å². The van der Waals surface area contributed by atoms with Crippen LogP contribution in [0.2, 0.25) is 0 Å². The smallest absolute Gasteiger partial charge is 0.253 e. The lowest BCUT2D eigenvalue weighted by Crippen LogP contribution is -2.43. The molecule has 0 aliphatic rings. The van der Waals surface area contributed by atoms with Gasteiger partial charge in [-0.25, -0.2) is 0 Å². The van der Waals surface area contributed by atoms with Gasteiger partial charge in [0.1, 0.15) is 0 Å². The van der Waals surface area contributed by atoms with Crippen LogP contribution in [0.3, 0.4) is 0 Å². The Morgan fingerprint density at radius 3 is 2.78 bits per heavy atom. The van der Waals surface area contributed by atoms with Crippen molar-refractivity contribution in [3.63, 3.8) is 0 Å². The monoisotopic (exact) mass is 132 g/mol. The minimum Gasteiger partial charge on any atom is -0.277 e. The van der Waals surface area contributed by atoms with E-state index in [0.29, 0.717) is 6.41 Å². The molecule has 52 valence electrons. The van der Waals surface area contributed by atoms with Crippen molar-refractivity contribution in [2.45, 2.75) is 0 Å². The van der Waals surface area contributed by atoms with Gasteiger partial charge in [-0.3, -0.25) is 31.7 Å². The summed E-state index contributed by atoms with van der Waals surface area (Å²) in [5.41, 5.74) is 6.10. The van der Waals surface area contributed by atoms with E-state index in [1.807, 2.05) is 10.9 Å². The van der Waals surface area contributed by atoms with Crippen molar-refractivity contribution in [2.24, 2.45) is 5.84 Å². The molecule has 0 aromatic heterocycles. The molecule has 0 atom stereocenters. The quantitative estimate of drug-likeness (QED) is 0.189. The summed E-state index contributed by atoms with van der Waals surface area (Å²) in [5.74, 6) is 4.38. The van der Waals surface area contributed by atoms with Crippen LogP contribution in [0.25, 0.3) is 0 Å². The van der Waals surface area contributed by atoms with E-state index in [2.05, 4.69) is 5.43 Å². The number of nitrogens with two attached hydrogens (primary N) is 1. The van der Waals surface area contributed by atoms with Crippen molar-refractivity contribution in [2.75, 3.05) is 6.54 Å². The molecule has 0 aromatic carbocycles. The minimum atomic E-state index is -0.399. The van der Waals surface area contributed by atoms with Crippen molar-refractivity contribution in [3.8, 4) is 0 Å². The van der Waals surface area contributed by atoms with Crippen LogP contribution in [-0.2, 0) is 9.59 Å². The molecule has 0 aromatic rings. The summed E-state index contributed by atoms with van der Waals surface area (Å²) < 4.78 is 0. The number of carbonyl (C=O) groups excluding carboxylic acids is 2. The van der Waals surface area contributed by atoms with E-state index in [1.165, 1.54) is 0 Å². The summed E-state index contributed by atoms with van der Waals surface area (Å²) in [6.45, 7) is -0.0269. The highest BCUT2D eigenvalue weighted by atomic mass is 16.2. The van der Waals surface area contributed by atoms with Crippen LogP contribution in [0.1, 0.15) is 0 Å². The lowest BCUT2D eigenvalue weighted by molar-refractivity contribution is -0.123. The molecule has 0 aliphatic carbocycles. The molecule has 0 aliphatic heterocycles. The number of hydrogen-bond acceptors (Lipinski definition) is 4. The summed E-state index contributed by atoms with van der Waals surface area (Å²) in [7, 11) is 0. The first-order valence-electron chi connectivity index (χ1n) is 2.22. The maximum Gasteiger partial charge on any atom is 0.253 e. The molecule has 0 spiro atoms. The Labute approximate surface area is 51.7 Å². The summed E-state index contributed by atoms with van der Waals surface area (Å²) in [4.78, 5) is 19.9. The fourth-order valence-electron chi connectivity index (χ4n) is 0.247. The Kier molecular flexibility index (Phi) is 4.37. The van der Waals surface area contributed by atoms with Gasteiger partial charge in [-0.1, -0.05) is 0 Å². The van der Waals surface area contributed by atoms with Gasteiger partial charge < -0.3 is 0 Å². The van der Waals surface area contributed by atoms with Gasteiger partial charge in [0.2, 0.25) is 6.41 Å². The maximum absolute atomic E-state index is 10.3. The van der Waals surface area contributed by atoms with Crippen molar-refractivity contribution in [3.05, 3.63) is 0 Å². The first-order chi connectivity index (χ1) is 4.31. The molecule has 0 radical (unpaired) electrons. The van der Waals surface area contributed by atoms with Gasteiger partial charge in [0, 0.05) is 0 Å². The SMILES string of the molecule is NNCC(=O)NNC=O. The van der Waals surface area contributed by atoms with Crippen molar-refractivity contribution < 1.29 is 9.59 Å². The minimum absolute atomic E-state index is 0.0269. The Morgan fingerprint density at radius 2 is 2.33 bits per heavy atom. The van der Waals surface area contributed by atoms with Gasteiger partial charge in [-0.05, 0) is 0 Å². The lowest BCUT2D eigenvalue weighted by atomic mass is 10.6. The molecule has 0 saturated heterocycles. The number of carbonyl (C=O) groups is 2. The second-order valence-corrected chi connectivity index (χ2v) is 1.19. The molecule has 0 rings (SSSR count). The number of amides is 2. The predicted molar refractivity (Wildman–Crippen MR) is 29.5 cm³/mol. The van der Waals surface area contributed by atoms with E-state index in [1.54, 1.807) is 0 Å². The Balaban J connectivity index is 3.16. The van der Waals surface area contributed by atoms with Gasteiger partial charge in [0.15, 0.2) is 0 Å². The maximum atomic E-state index is 10.3. The zero-order valence-corrected chi connectivity index (χ0v) is 4.68. The Bertz CT molecular complexity index is 104. The van der Waals surface area contributed by atoms with Crippen molar-refractivity contribution in [1.29, 1.82) is 0 Å².